The summed E-state index contributed by atoms with van der Waals surface area (Å²) >= 11 is 4.12. The zero-order chi connectivity index (χ0) is 8.81. The van der Waals surface area contributed by atoms with E-state index in [4.69, 9.17) is 0 Å². The third kappa shape index (κ3) is 3.63. The topological polar surface area (TPSA) is 3.24 Å². The first-order chi connectivity index (χ1) is 5.83. The second-order valence-corrected chi connectivity index (χ2v) is 4.04. The first-order valence-corrected chi connectivity index (χ1v) is 5.40. The molecule has 12 heavy (non-hydrogen) atoms. The van der Waals surface area contributed by atoms with Gasteiger partial charge in [0.1, 0.15) is 0 Å². The van der Waals surface area contributed by atoms with Crippen molar-refractivity contribution in [3.8, 4) is 0 Å². The molecule has 1 rings (SSSR count). The maximum Gasteiger partial charge on any atom is 0.0160 e. The van der Waals surface area contributed by atoms with Gasteiger partial charge in [-0.2, -0.15) is 12.6 Å². The van der Waals surface area contributed by atoms with E-state index in [1.54, 1.807) is 0 Å². The van der Waals surface area contributed by atoms with Gasteiger partial charge in [-0.1, -0.05) is 18.6 Å². The average Bonchev–Trinajstić information content (AvgIpc) is 1.98. The van der Waals surface area contributed by atoms with Crippen molar-refractivity contribution < 1.29 is 0 Å². The van der Waals surface area contributed by atoms with Gasteiger partial charge in [0.15, 0.2) is 0 Å². The lowest BCUT2D eigenvalue weighted by Crippen LogP contribution is -2.29. The Morgan fingerprint density at radius 3 is 2.67 bits per heavy atom. The van der Waals surface area contributed by atoms with Crippen LogP contribution in [0.5, 0.6) is 0 Å². The fourth-order valence-corrected chi connectivity index (χ4v) is 1.67. The van der Waals surface area contributed by atoms with Crippen LogP contribution in [0.15, 0.2) is 12.2 Å². The summed E-state index contributed by atoms with van der Waals surface area (Å²) < 4.78 is 0. The Kier molecular flexibility index (Phi) is 4.77. The van der Waals surface area contributed by atoms with Crippen LogP contribution in [-0.2, 0) is 0 Å². The molecule has 0 aliphatic heterocycles. The number of thiol groups is 1. The maximum atomic E-state index is 4.12. The van der Waals surface area contributed by atoms with Crippen molar-refractivity contribution in [3.63, 3.8) is 0 Å². The third-order valence-corrected chi connectivity index (χ3v) is 2.69. The number of rotatable bonds is 5. The minimum absolute atomic E-state index is 0.858. The molecule has 1 aliphatic rings. The van der Waals surface area contributed by atoms with Crippen LogP contribution in [0.4, 0.5) is 0 Å². The minimum Gasteiger partial charge on any atom is -0.302 e. The van der Waals surface area contributed by atoms with E-state index in [1.807, 2.05) is 0 Å². The summed E-state index contributed by atoms with van der Waals surface area (Å²) in [6.07, 6.45) is 8.65. The van der Waals surface area contributed by atoms with Crippen molar-refractivity contribution in [1.82, 2.24) is 4.90 Å². The smallest absolute Gasteiger partial charge is 0.0160 e. The number of hydrogen-bond acceptors (Lipinski definition) is 2. The van der Waals surface area contributed by atoms with E-state index in [1.165, 1.54) is 25.8 Å². The normalized spacial score (nSPS) is 18.9. The van der Waals surface area contributed by atoms with E-state index in [0.29, 0.717) is 0 Å². The van der Waals surface area contributed by atoms with E-state index in [-0.39, 0.29) is 0 Å². The fraction of sp³-hybridized carbons (Fsp3) is 0.800. The molecule has 0 N–H and O–H groups in total. The van der Waals surface area contributed by atoms with Crippen LogP contribution in [0.2, 0.25) is 0 Å². The number of likely N-dealkylation sites (N-methyl/N-ethyl adjacent to an activating group) is 1. The molecular formula is C10H19NS. The summed E-state index contributed by atoms with van der Waals surface area (Å²) in [7, 11) is 2.20. The van der Waals surface area contributed by atoms with Crippen LogP contribution < -0.4 is 0 Å². The Hall–Kier alpha value is 0.0500. The number of hydrogen-bond donors (Lipinski definition) is 1. The molecule has 2 heteroatoms. The molecule has 1 saturated carbocycles. The van der Waals surface area contributed by atoms with Gasteiger partial charge in [0.25, 0.3) is 0 Å². The van der Waals surface area contributed by atoms with Crippen LogP contribution in [-0.4, -0.2) is 30.8 Å². The molecule has 0 aromatic carbocycles. The van der Waals surface area contributed by atoms with Crippen LogP contribution in [0.1, 0.15) is 19.3 Å². The zero-order valence-corrected chi connectivity index (χ0v) is 8.76. The highest BCUT2D eigenvalue weighted by Crippen LogP contribution is 2.26. The van der Waals surface area contributed by atoms with E-state index >= 15 is 0 Å². The SMILES string of the molecule is CN(CC=CCS)CC1CCC1. The van der Waals surface area contributed by atoms with Gasteiger partial charge >= 0.3 is 0 Å². The third-order valence-electron chi connectivity index (χ3n) is 2.48. The Morgan fingerprint density at radius 1 is 1.42 bits per heavy atom. The highest BCUT2D eigenvalue weighted by Gasteiger charge is 2.18. The van der Waals surface area contributed by atoms with Crippen molar-refractivity contribution in [2.45, 2.75) is 19.3 Å². The van der Waals surface area contributed by atoms with Crippen LogP contribution >= 0.6 is 12.6 Å². The molecule has 0 spiro atoms. The Morgan fingerprint density at radius 2 is 2.17 bits per heavy atom. The monoisotopic (exact) mass is 185 g/mol. The molecule has 0 aromatic rings. The van der Waals surface area contributed by atoms with Gasteiger partial charge < -0.3 is 4.90 Å². The molecule has 0 saturated heterocycles. The van der Waals surface area contributed by atoms with Crippen molar-refractivity contribution in [2.75, 3.05) is 25.9 Å². The highest BCUT2D eigenvalue weighted by molar-refractivity contribution is 7.80. The molecule has 1 fully saturated rings. The summed E-state index contributed by atoms with van der Waals surface area (Å²) in [6.45, 7) is 2.36. The largest absolute Gasteiger partial charge is 0.302 e. The van der Waals surface area contributed by atoms with Crippen LogP contribution in [0.25, 0.3) is 0 Å². The van der Waals surface area contributed by atoms with Crippen LogP contribution in [0, 0.1) is 5.92 Å². The second kappa shape index (κ2) is 5.65. The van der Waals surface area contributed by atoms with Gasteiger partial charge in [0, 0.05) is 18.8 Å². The molecule has 70 valence electrons. The van der Waals surface area contributed by atoms with Gasteiger partial charge in [-0.25, -0.2) is 0 Å². The van der Waals surface area contributed by atoms with E-state index in [9.17, 15) is 0 Å². The molecule has 0 unspecified atom stereocenters. The predicted molar refractivity (Wildman–Crippen MR) is 57.8 cm³/mol. The van der Waals surface area contributed by atoms with Crippen LogP contribution in [0.3, 0.4) is 0 Å². The quantitative estimate of drug-likeness (QED) is 0.508. The van der Waals surface area contributed by atoms with Gasteiger partial charge in [-0.15, -0.1) is 0 Å². The minimum atomic E-state index is 0.858. The van der Waals surface area contributed by atoms with Crippen molar-refractivity contribution in [1.29, 1.82) is 0 Å². The van der Waals surface area contributed by atoms with Crippen molar-refractivity contribution in [2.24, 2.45) is 5.92 Å². The Balaban J connectivity index is 2.02. The van der Waals surface area contributed by atoms with Gasteiger partial charge in [0.2, 0.25) is 0 Å². The fourth-order valence-electron chi connectivity index (χ4n) is 1.52. The molecule has 0 amide bonds. The molecular weight excluding hydrogens is 166 g/mol. The standard InChI is InChI=1S/C10H19NS/c1-11(7-2-3-8-12)9-10-5-4-6-10/h2-3,10,12H,4-9H2,1H3. The Labute approximate surface area is 81.2 Å². The van der Waals surface area contributed by atoms with Crippen molar-refractivity contribution in [3.05, 3.63) is 12.2 Å². The maximum absolute atomic E-state index is 4.12. The first kappa shape index (κ1) is 10.1. The molecule has 1 nitrogen and oxygen atoms in total. The molecule has 0 atom stereocenters. The summed E-state index contributed by atoms with van der Waals surface area (Å²) in [5.41, 5.74) is 0. The Bertz CT molecular complexity index is 141. The zero-order valence-electron chi connectivity index (χ0n) is 7.87. The second-order valence-electron chi connectivity index (χ2n) is 3.67. The lowest BCUT2D eigenvalue weighted by Gasteiger charge is -2.29. The lowest BCUT2D eigenvalue weighted by molar-refractivity contribution is 0.218. The lowest BCUT2D eigenvalue weighted by atomic mass is 9.85. The summed E-state index contributed by atoms with van der Waals surface area (Å²) in [4.78, 5) is 2.39. The van der Waals surface area contributed by atoms with Crippen molar-refractivity contribution >= 4 is 12.6 Å². The molecule has 0 aromatic heterocycles. The average molecular weight is 185 g/mol. The predicted octanol–water partition coefficient (Wildman–Crippen LogP) is 2.20. The highest BCUT2D eigenvalue weighted by atomic mass is 32.1. The molecule has 0 bridgehead atoms. The van der Waals surface area contributed by atoms with Gasteiger partial charge in [-0.3, -0.25) is 0 Å². The van der Waals surface area contributed by atoms with E-state index in [0.717, 1.165) is 18.2 Å². The summed E-state index contributed by atoms with van der Waals surface area (Å²) in [6, 6.07) is 0. The molecule has 0 radical (unpaired) electrons. The van der Waals surface area contributed by atoms with E-state index in [2.05, 4.69) is 36.7 Å². The summed E-state index contributed by atoms with van der Waals surface area (Å²) in [5, 5.41) is 0. The summed E-state index contributed by atoms with van der Waals surface area (Å²) in [5.74, 6) is 1.84. The van der Waals surface area contributed by atoms with Gasteiger partial charge in [-0.05, 0) is 25.8 Å². The van der Waals surface area contributed by atoms with Gasteiger partial charge in [0.05, 0.1) is 0 Å². The molecule has 0 heterocycles. The number of nitrogens with zero attached hydrogens (tertiary/aromatic N) is 1. The first-order valence-electron chi connectivity index (χ1n) is 4.77. The molecule has 1 aliphatic carbocycles. The van der Waals surface area contributed by atoms with E-state index < -0.39 is 0 Å².